The van der Waals surface area contributed by atoms with Crippen molar-refractivity contribution >= 4 is 11.9 Å². The summed E-state index contributed by atoms with van der Waals surface area (Å²) in [5.41, 5.74) is 5.68. The SMILES string of the molecule is Cc1ccc(C2CC3C(=O)N(CCC(=O)O)C=CN3N2)cc1. The van der Waals surface area contributed by atoms with E-state index in [1.807, 2.05) is 18.1 Å². The monoisotopic (exact) mass is 301 g/mol. The van der Waals surface area contributed by atoms with Crippen LogP contribution in [-0.4, -0.2) is 39.5 Å². The van der Waals surface area contributed by atoms with Crippen LogP contribution in [0.15, 0.2) is 36.7 Å². The fourth-order valence-electron chi connectivity index (χ4n) is 2.85. The van der Waals surface area contributed by atoms with Gasteiger partial charge in [0, 0.05) is 18.9 Å². The molecule has 1 fully saturated rings. The summed E-state index contributed by atoms with van der Waals surface area (Å²) < 4.78 is 0. The van der Waals surface area contributed by atoms with E-state index < -0.39 is 5.97 Å². The highest BCUT2D eigenvalue weighted by atomic mass is 16.4. The number of carboxylic acid groups (broad SMARTS) is 1. The smallest absolute Gasteiger partial charge is 0.305 e. The summed E-state index contributed by atoms with van der Waals surface area (Å²) in [6, 6.07) is 8.09. The van der Waals surface area contributed by atoms with Crippen molar-refractivity contribution in [3.8, 4) is 0 Å². The molecule has 0 aliphatic carbocycles. The maximum atomic E-state index is 12.5. The second-order valence-corrected chi connectivity index (χ2v) is 5.72. The third-order valence-corrected chi connectivity index (χ3v) is 4.12. The normalized spacial score (nSPS) is 23.8. The summed E-state index contributed by atoms with van der Waals surface area (Å²) in [5.74, 6) is -0.948. The average Bonchev–Trinajstić information content (AvgIpc) is 2.92. The van der Waals surface area contributed by atoms with Crippen LogP contribution in [0.5, 0.6) is 0 Å². The quantitative estimate of drug-likeness (QED) is 0.879. The van der Waals surface area contributed by atoms with Crippen molar-refractivity contribution in [2.24, 2.45) is 0 Å². The summed E-state index contributed by atoms with van der Waals surface area (Å²) in [4.78, 5) is 24.6. The number of benzene rings is 1. The molecule has 0 spiro atoms. The van der Waals surface area contributed by atoms with Crippen molar-refractivity contribution in [3.05, 3.63) is 47.8 Å². The van der Waals surface area contributed by atoms with E-state index in [-0.39, 0.29) is 31.0 Å². The lowest BCUT2D eigenvalue weighted by atomic mass is 10.00. The molecule has 0 bridgehead atoms. The van der Waals surface area contributed by atoms with E-state index in [0.717, 1.165) is 5.56 Å². The molecule has 0 aromatic heterocycles. The summed E-state index contributed by atoms with van der Waals surface area (Å²) in [7, 11) is 0. The Morgan fingerprint density at radius 1 is 1.32 bits per heavy atom. The van der Waals surface area contributed by atoms with Crippen LogP contribution in [0.2, 0.25) is 0 Å². The lowest BCUT2D eigenvalue weighted by molar-refractivity contribution is -0.139. The van der Waals surface area contributed by atoms with Gasteiger partial charge in [0.05, 0.1) is 12.5 Å². The molecule has 6 heteroatoms. The van der Waals surface area contributed by atoms with Crippen LogP contribution < -0.4 is 5.43 Å². The van der Waals surface area contributed by atoms with Gasteiger partial charge in [-0.05, 0) is 18.9 Å². The van der Waals surface area contributed by atoms with Gasteiger partial charge in [0.1, 0.15) is 6.04 Å². The Labute approximate surface area is 129 Å². The van der Waals surface area contributed by atoms with E-state index in [1.54, 1.807) is 6.20 Å². The first kappa shape index (κ1) is 14.6. The molecule has 2 atom stereocenters. The van der Waals surface area contributed by atoms with Crippen LogP contribution in [0.4, 0.5) is 0 Å². The highest BCUT2D eigenvalue weighted by Gasteiger charge is 2.39. The van der Waals surface area contributed by atoms with Crippen molar-refractivity contribution in [1.29, 1.82) is 0 Å². The second-order valence-electron chi connectivity index (χ2n) is 5.72. The molecule has 1 saturated heterocycles. The van der Waals surface area contributed by atoms with Crippen LogP contribution >= 0.6 is 0 Å². The van der Waals surface area contributed by atoms with Gasteiger partial charge in [0.2, 0.25) is 0 Å². The molecule has 1 aromatic rings. The maximum absolute atomic E-state index is 12.5. The van der Waals surface area contributed by atoms with Crippen molar-refractivity contribution in [3.63, 3.8) is 0 Å². The standard InChI is InChI=1S/C16H19N3O3/c1-11-2-4-12(5-3-11)13-10-14-16(22)18(7-6-15(20)21)8-9-19(14)17-13/h2-5,8-9,13-14,17H,6-7,10H2,1H3,(H,20,21). The molecule has 2 heterocycles. The topological polar surface area (TPSA) is 72.9 Å². The first-order valence-corrected chi connectivity index (χ1v) is 7.36. The fraction of sp³-hybridized carbons (Fsp3) is 0.375. The number of aliphatic carboxylic acids is 1. The fourth-order valence-corrected chi connectivity index (χ4v) is 2.85. The number of hydrazine groups is 1. The molecule has 6 nitrogen and oxygen atoms in total. The number of nitrogens with zero attached hydrogens (tertiary/aromatic N) is 2. The Bertz CT molecular complexity index is 612. The van der Waals surface area contributed by atoms with Crippen molar-refractivity contribution in [2.75, 3.05) is 6.54 Å². The number of nitrogens with one attached hydrogen (secondary N) is 1. The number of aryl methyl sites for hydroxylation is 1. The molecular formula is C16H19N3O3. The molecular weight excluding hydrogens is 282 g/mol. The summed E-state index contributed by atoms with van der Waals surface area (Å²) in [6.07, 6.45) is 4.09. The maximum Gasteiger partial charge on any atom is 0.305 e. The Hall–Kier alpha value is -2.34. The Balaban J connectivity index is 1.69. The van der Waals surface area contributed by atoms with Gasteiger partial charge >= 0.3 is 5.97 Å². The van der Waals surface area contributed by atoms with E-state index in [4.69, 9.17) is 5.11 Å². The molecule has 2 aliphatic rings. The molecule has 2 aliphatic heterocycles. The summed E-state index contributed by atoms with van der Waals surface area (Å²) >= 11 is 0. The first-order chi connectivity index (χ1) is 10.5. The third kappa shape index (κ3) is 2.82. The first-order valence-electron chi connectivity index (χ1n) is 7.36. The van der Waals surface area contributed by atoms with Gasteiger partial charge < -0.3 is 15.0 Å². The van der Waals surface area contributed by atoms with Crippen LogP contribution in [0.3, 0.4) is 0 Å². The van der Waals surface area contributed by atoms with Crippen molar-refractivity contribution in [2.45, 2.75) is 31.8 Å². The number of amides is 1. The number of carbonyl (C=O) groups is 2. The minimum absolute atomic E-state index is 0.0440. The van der Waals surface area contributed by atoms with Gasteiger partial charge in [0.25, 0.3) is 5.91 Å². The van der Waals surface area contributed by atoms with E-state index in [9.17, 15) is 9.59 Å². The molecule has 2 unspecified atom stereocenters. The van der Waals surface area contributed by atoms with Gasteiger partial charge in [-0.3, -0.25) is 9.59 Å². The number of rotatable bonds is 4. The van der Waals surface area contributed by atoms with Crippen LogP contribution in [-0.2, 0) is 9.59 Å². The number of carbonyl (C=O) groups excluding carboxylic acids is 1. The van der Waals surface area contributed by atoms with E-state index in [0.29, 0.717) is 6.42 Å². The highest BCUT2D eigenvalue weighted by Crippen LogP contribution is 2.30. The highest BCUT2D eigenvalue weighted by molar-refractivity contribution is 5.84. The predicted octanol–water partition coefficient (Wildman–Crippen LogP) is 1.40. The van der Waals surface area contributed by atoms with Crippen LogP contribution in [0.25, 0.3) is 0 Å². The molecule has 0 radical (unpaired) electrons. The van der Waals surface area contributed by atoms with Gasteiger partial charge in [-0.1, -0.05) is 29.8 Å². The Kier molecular flexibility index (Phi) is 3.85. The van der Waals surface area contributed by atoms with Crippen LogP contribution in [0, 0.1) is 6.92 Å². The van der Waals surface area contributed by atoms with Crippen molar-refractivity contribution in [1.82, 2.24) is 15.3 Å². The lowest BCUT2D eigenvalue weighted by Gasteiger charge is -2.31. The predicted molar refractivity (Wildman–Crippen MR) is 80.4 cm³/mol. The van der Waals surface area contributed by atoms with Crippen molar-refractivity contribution < 1.29 is 14.7 Å². The summed E-state index contributed by atoms with van der Waals surface area (Å²) in [5, 5.41) is 10.6. The third-order valence-electron chi connectivity index (χ3n) is 4.12. The minimum Gasteiger partial charge on any atom is -0.481 e. The van der Waals surface area contributed by atoms with E-state index >= 15 is 0 Å². The zero-order valence-electron chi connectivity index (χ0n) is 12.4. The van der Waals surface area contributed by atoms with E-state index in [2.05, 4.69) is 29.7 Å². The number of hydrogen-bond acceptors (Lipinski definition) is 4. The number of fused-ring (bicyclic) bond motifs is 1. The van der Waals surface area contributed by atoms with Gasteiger partial charge in [-0.2, -0.15) is 0 Å². The number of hydrogen-bond donors (Lipinski definition) is 2. The van der Waals surface area contributed by atoms with Crippen LogP contribution in [0.1, 0.15) is 30.0 Å². The average molecular weight is 301 g/mol. The lowest BCUT2D eigenvalue weighted by Crippen LogP contribution is -2.48. The summed E-state index contributed by atoms with van der Waals surface area (Å²) in [6.45, 7) is 2.26. The Morgan fingerprint density at radius 2 is 2.05 bits per heavy atom. The van der Waals surface area contributed by atoms with Gasteiger partial charge in [-0.15, -0.1) is 0 Å². The molecule has 3 rings (SSSR count). The largest absolute Gasteiger partial charge is 0.481 e. The zero-order chi connectivity index (χ0) is 15.7. The molecule has 116 valence electrons. The minimum atomic E-state index is -0.897. The van der Waals surface area contributed by atoms with E-state index in [1.165, 1.54) is 10.5 Å². The molecule has 1 aromatic carbocycles. The molecule has 1 amide bonds. The number of carboxylic acids is 1. The van der Waals surface area contributed by atoms with Gasteiger partial charge in [-0.25, -0.2) is 5.43 Å². The molecule has 2 N–H and O–H groups in total. The molecule has 0 saturated carbocycles. The Morgan fingerprint density at radius 3 is 2.73 bits per heavy atom. The van der Waals surface area contributed by atoms with Gasteiger partial charge in [0.15, 0.2) is 0 Å². The second kappa shape index (κ2) is 5.81. The molecule has 22 heavy (non-hydrogen) atoms. The zero-order valence-corrected chi connectivity index (χ0v) is 12.4.